The maximum atomic E-state index is 11.4. The average Bonchev–Trinajstić information content (AvgIpc) is 2.28. The fraction of sp³-hybridized carbons (Fsp3) is 0.667. The smallest absolute Gasteiger partial charge is 0.317 e. The Labute approximate surface area is 96.7 Å². The van der Waals surface area contributed by atoms with E-state index in [2.05, 4.69) is 17.2 Å². The summed E-state index contributed by atoms with van der Waals surface area (Å²) in [5.74, 6) is 0. The van der Waals surface area contributed by atoms with Crippen molar-refractivity contribution in [3.63, 3.8) is 0 Å². The van der Waals surface area contributed by atoms with Crippen LogP contribution in [0.5, 0.6) is 0 Å². The quantitative estimate of drug-likeness (QED) is 0.709. The highest BCUT2D eigenvalue weighted by molar-refractivity contribution is 4.99. The van der Waals surface area contributed by atoms with E-state index in [1.165, 1.54) is 6.42 Å². The molecule has 90 valence electrons. The Bertz CT molecular complexity index is 360. The second kappa shape index (κ2) is 7.17. The number of hydrogen-bond acceptors (Lipinski definition) is 3. The number of aromatic nitrogens is 2. The van der Waals surface area contributed by atoms with E-state index in [1.807, 2.05) is 13.1 Å². The molecule has 0 spiro atoms. The minimum atomic E-state index is -0.146. The van der Waals surface area contributed by atoms with Crippen LogP contribution in [0.15, 0.2) is 17.2 Å². The van der Waals surface area contributed by atoms with Crippen molar-refractivity contribution < 1.29 is 0 Å². The van der Waals surface area contributed by atoms with Crippen molar-refractivity contribution in [1.29, 1.82) is 0 Å². The lowest BCUT2D eigenvalue weighted by Gasteiger charge is -2.06. The molecule has 0 aliphatic heterocycles. The summed E-state index contributed by atoms with van der Waals surface area (Å²) in [6.45, 7) is 6.98. The third-order valence-electron chi connectivity index (χ3n) is 2.41. The van der Waals surface area contributed by atoms with Crippen LogP contribution in [0.3, 0.4) is 0 Å². The Hall–Kier alpha value is -1.16. The highest BCUT2D eigenvalue weighted by Gasteiger charge is 1.96. The normalized spacial score (nSPS) is 10.6. The van der Waals surface area contributed by atoms with Crippen LogP contribution >= 0.6 is 0 Å². The first-order valence-corrected chi connectivity index (χ1v) is 5.98. The summed E-state index contributed by atoms with van der Waals surface area (Å²) >= 11 is 0. The van der Waals surface area contributed by atoms with Crippen molar-refractivity contribution in [3.05, 3.63) is 28.4 Å². The SMILES string of the molecule is CCCNCCCCn1cc(C)cnc1=O. The number of hydrogen-bond donors (Lipinski definition) is 1. The summed E-state index contributed by atoms with van der Waals surface area (Å²) in [6.07, 6.45) is 6.76. The van der Waals surface area contributed by atoms with Crippen LogP contribution in [0.1, 0.15) is 31.7 Å². The van der Waals surface area contributed by atoms with Crippen molar-refractivity contribution in [2.75, 3.05) is 13.1 Å². The van der Waals surface area contributed by atoms with E-state index < -0.39 is 0 Å². The second-order valence-electron chi connectivity index (χ2n) is 4.06. The Morgan fingerprint density at radius 3 is 2.94 bits per heavy atom. The lowest BCUT2D eigenvalue weighted by atomic mass is 10.3. The predicted octanol–water partition coefficient (Wildman–Crippen LogP) is 1.33. The Morgan fingerprint density at radius 1 is 1.38 bits per heavy atom. The minimum Gasteiger partial charge on any atom is -0.317 e. The van der Waals surface area contributed by atoms with Gasteiger partial charge in [-0.25, -0.2) is 9.78 Å². The number of nitrogens with zero attached hydrogens (tertiary/aromatic N) is 2. The largest absolute Gasteiger partial charge is 0.347 e. The van der Waals surface area contributed by atoms with E-state index in [4.69, 9.17) is 0 Å². The van der Waals surface area contributed by atoms with Gasteiger partial charge in [0.15, 0.2) is 0 Å². The summed E-state index contributed by atoms with van der Waals surface area (Å²) in [7, 11) is 0. The molecule has 1 rings (SSSR count). The molecule has 16 heavy (non-hydrogen) atoms. The molecule has 0 unspecified atom stereocenters. The van der Waals surface area contributed by atoms with Gasteiger partial charge in [-0.05, 0) is 44.8 Å². The molecule has 1 N–H and O–H groups in total. The van der Waals surface area contributed by atoms with Gasteiger partial charge in [0.2, 0.25) is 0 Å². The topological polar surface area (TPSA) is 46.9 Å². The summed E-state index contributed by atoms with van der Waals surface area (Å²) < 4.78 is 1.69. The Balaban J connectivity index is 2.26. The van der Waals surface area contributed by atoms with E-state index in [1.54, 1.807) is 10.8 Å². The number of rotatable bonds is 7. The van der Waals surface area contributed by atoms with Gasteiger partial charge in [-0.1, -0.05) is 6.92 Å². The first-order valence-electron chi connectivity index (χ1n) is 5.98. The van der Waals surface area contributed by atoms with Crippen molar-refractivity contribution >= 4 is 0 Å². The zero-order valence-electron chi connectivity index (χ0n) is 10.2. The number of nitrogens with one attached hydrogen (secondary N) is 1. The first kappa shape index (κ1) is 12.9. The van der Waals surface area contributed by atoms with Crippen LogP contribution in [0.4, 0.5) is 0 Å². The van der Waals surface area contributed by atoms with Gasteiger partial charge in [-0.2, -0.15) is 0 Å². The third kappa shape index (κ3) is 4.57. The number of aryl methyl sites for hydroxylation is 2. The molecule has 0 aromatic carbocycles. The molecule has 0 saturated heterocycles. The molecule has 0 atom stereocenters. The average molecular weight is 223 g/mol. The molecule has 0 fully saturated rings. The molecule has 0 bridgehead atoms. The molecule has 1 aromatic rings. The van der Waals surface area contributed by atoms with Crippen LogP contribution in [-0.4, -0.2) is 22.6 Å². The van der Waals surface area contributed by atoms with Gasteiger partial charge >= 0.3 is 5.69 Å². The molecule has 1 heterocycles. The van der Waals surface area contributed by atoms with Crippen LogP contribution in [0.2, 0.25) is 0 Å². The maximum absolute atomic E-state index is 11.4. The zero-order valence-corrected chi connectivity index (χ0v) is 10.2. The predicted molar refractivity (Wildman–Crippen MR) is 65.6 cm³/mol. The lowest BCUT2D eigenvalue weighted by molar-refractivity contribution is 0.550. The highest BCUT2D eigenvalue weighted by Crippen LogP contribution is 1.94. The summed E-state index contributed by atoms with van der Waals surface area (Å²) in [4.78, 5) is 15.2. The van der Waals surface area contributed by atoms with Crippen LogP contribution < -0.4 is 11.0 Å². The van der Waals surface area contributed by atoms with Gasteiger partial charge in [-0.3, -0.25) is 4.57 Å². The van der Waals surface area contributed by atoms with E-state index in [9.17, 15) is 4.79 Å². The van der Waals surface area contributed by atoms with Crippen molar-refractivity contribution in [1.82, 2.24) is 14.9 Å². The molecule has 0 amide bonds. The Kier molecular flexibility index (Phi) is 5.78. The van der Waals surface area contributed by atoms with Gasteiger partial charge in [0.05, 0.1) is 0 Å². The fourth-order valence-electron chi connectivity index (χ4n) is 1.56. The highest BCUT2D eigenvalue weighted by atomic mass is 16.1. The minimum absolute atomic E-state index is 0.146. The molecule has 0 saturated carbocycles. The molecule has 0 aliphatic rings. The number of unbranched alkanes of at least 4 members (excludes halogenated alkanes) is 1. The second-order valence-corrected chi connectivity index (χ2v) is 4.06. The van der Waals surface area contributed by atoms with Crippen LogP contribution in [0, 0.1) is 6.92 Å². The van der Waals surface area contributed by atoms with Crippen LogP contribution in [-0.2, 0) is 6.54 Å². The van der Waals surface area contributed by atoms with E-state index in [0.29, 0.717) is 0 Å². The van der Waals surface area contributed by atoms with Crippen molar-refractivity contribution in [2.24, 2.45) is 0 Å². The van der Waals surface area contributed by atoms with Crippen molar-refractivity contribution in [3.8, 4) is 0 Å². The molecular formula is C12H21N3O. The zero-order chi connectivity index (χ0) is 11.8. The van der Waals surface area contributed by atoms with E-state index in [-0.39, 0.29) is 5.69 Å². The lowest BCUT2D eigenvalue weighted by Crippen LogP contribution is -2.23. The van der Waals surface area contributed by atoms with Gasteiger partial charge < -0.3 is 5.32 Å². The molecule has 1 aromatic heterocycles. The van der Waals surface area contributed by atoms with Gasteiger partial charge in [0.1, 0.15) is 0 Å². The fourth-order valence-corrected chi connectivity index (χ4v) is 1.56. The standard InChI is InChI=1S/C12H21N3O/c1-3-6-13-7-4-5-8-15-10-11(2)9-14-12(15)16/h9-10,13H,3-8H2,1-2H3. The van der Waals surface area contributed by atoms with Crippen molar-refractivity contribution in [2.45, 2.75) is 39.7 Å². The Morgan fingerprint density at radius 2 is 2.19 bits per heavy atom. The molecular weight excluding hydrogens is 202 g/mol. The summed E-state index contributed by atoms with van der Waals surface area (Å²) in [5.41, 5.74) is 0.885. The summed E-state index contributed by atoms with van der Waals surface area (Å²) in [6, 6.07) is 0. The van der Waals surface area contributed by atoms with Gasteiger partial charge in [0, 0.05) is 18.9 Å². The van der Waals surface area contributed by atoms with E-state index in [0.717, 1.165) is 38.0 Å². The summed E-state index contributed by atoms with van der Waals surface area (Å²) in [5, 5.41) is 3.34. The third-order valence-corrected chi connectivity index (χ3v) is 2.41. The van der Waals surface area contributed by atoms with E-state index >= 15 is 0 Å². The monoisotopic (exact) mass is 223 g/mol. The molecule has 0 radical (unpaired) electrons. The van der Waals surface area contributed by atoms with Crippen LogP contribution in [0.25, 0.3) is 0 Å². The van der Waals surface area contributed by atoms with Gasteiger partial charge in [0.25, 0.3) is 0 Å². The first-order chi connectivity index (χ1) is 7.74. The molecule has 0 aliphatic carbocycles. The maximum Gasteiger partial charge on any atom is 0.347 e. The molecule has 4 nitrogen and oxygen atoms in total. The molecule has 4 heteroatoms. The van der Waals surface area contributed by atoms with Gasteiger partial charge in [-0.15, -0.1) is 0 Å².